The average Bonchev–Trinajstić information content (AvgIpc) is 3.29. The van der Waals surface area contributed by atoms with E-state index in [4.69, 9.17) is 4.99 Å². The van der Waals surface area contributed by atoms with Gasteiger partial charge >= 0.3 is 0 Å². The van der Waals surface area contributed by atoms with Crippen LogP contribution in [0.25, 0.3) is 10.9 Å². The van der Waals surface area contributed by atoms with Crippen molar-refractivity contribution in [3.05, 3.63) is 132 Å². The van der Waals surface area contributed by atoms with Crippen LogP contribution in [0.15, 0.2) is 120 Å². The van der Waals surface area contributed by atoms with E-state index in [9.17, 15) is 9.90 Å². The summed E-state index contributed by atoms with van der Waals surface area (Å²) in [6.07, 6.45) is 6.34. The number of aliphatic imine (C=N–C) groups is 1. The summed E-state index contributed by atoms with van der Waals surface area (Å²) >= 11 is 0. The molecule has 1 N–H and O–H groups in total. The second-order valence-electron chi connectivity index (χ2n) is 10.7. The molecule has 1 aromatic heterocycles. The molecule has 1 aliphatic carbocycles. The molecule has 0 radical (unpaired) electrons. The van der Waals surface area contributed by atoms with Crippen LogP contribution in [0.3, 0.4) is 0 Å². The molecule has 200 valence electrons. The molecule has 6 rings (SSSR count). The molecular weight excluding hydrogens is 492 g/mol. The van der Waals surface area contributed by atoms with Crippen molar-refractivity contribution in [2.45, 2.75) is 44.6 Å². The van der Waals surface area contributed by atoms with Crippen molar-refractivity contribution in [2.24, 2.45) is 10.9 Å². The lowest BCUT2D eigenvalue weighted by atomic mass is 9.84. The molecule has 1 unspecified atom stereocenters. The van der Waals surface area contributed by atoms with Crippen molar-refractivity contribution in [3.63, 3.8) is 0 Å². The van der Waals surface area contributed by atoms with Crippen LogP contribution in [0.1, 0.15) is 61.3 Å². The Hall–Kier alpha value is -4.44. The summed E-state index contributed by atoms with van der Waals surface area (Å²) in [5.74, 6) is 0.600. The number of aromatic nitrogens is 1. The van der Waals surface area contributed by atoms with Crippen molar-refractivity contribution in [2.75, 3.05) is 0 Å². The topological polar surface area (TPSA) is 54.6 Å². The number of Topliss-reactive ketones (excluding diaryl/α,β-unsaturated/α-hetero) is 1. The number of nitrogens with zero attached hydrogens (tertiary/aromatic N) is 2. The van der Waals surface area contributed by atoms with E-state index in [0.717, 1.165) is 40.6 Å². The molecule has 1 fully saturated rings. The minimum absolute atomic E-state index is 0.0607. The number of carbonyl (C=O) groups is 1. The maximum Gasteiger partial charge on any atom is 0.202 e. The zero-order valence-electron chi connectivity index (χ0n) is 22.6. The number of hydrogen-bond acceptors (Lipinski definition) is 3. The van der Waals surface area contributed by atoms with Crippen LogP contribution >= 0.6 is 0 Å². The van der Waals surface area contributed by atoms with Gasteiger partial charge in [-0.25, -0.2) is 4.99 Å². The van der Waals surface area contributed by atoms with Crippen molar-refractivity contribution >= 4 is 28.1 Å². The Morgan fingerprint density at radius 1 is 0.775 bits per heavy atom. The minimum Gasteiger partial charge on any atom is -0.494 e. The largest absolute Gasteiger partial charge is 0.494 e. The number of hydrogen-bond donors (Lipinski definition) is 1. The normalized spacial score (nSPS) is 15.2. The number of fused-ring (bicyclic) bond motifs is 1. The molecule has 0 amide bonds. The summed E-state index contributed by atoms with van der Waals surface area (Å²) in [5.41, 5.74) is 4.70. The van der Waals surface area contributed by atoms with E-state index in [1.54, 1.807) is 0 Å². The molecule has 1 saturated carbocycles. The number of rotatable bonds is 8. The van der Waals surface area contributed by atoms with Crippen molar-refractivity contribution in [1.29, 1.82) is 0 Å². The number of aromatic hydroxyl groups is 1. The zero-order chi connectivity index (χ0) is 27.3. The van der Waals surface area contributed by atoms with Crippen molar-refractivity contribution in [1.82, 2.24) is 4.57 Å². The first-order valence-corrected chi connectivity index (χ1v) is 14.3. The van der Waals surface area contributed by atoms with E-state index in [1.165, 1.54) is 19.3 Å². The van der Waals surface area contributed by atoms with Gasteiger partial charge in [0.25, 0.3) is 0 Å². The quantitative estimate of drug-likeness (QED) is 0.206. The van der Waals surface area contributed by atoms with Crippen LogP contribution in [-0.4, -0.2) is 21.2 Å². The summed E-state index contributed by atoms with van der Waals surface area (Å²) in [7, 11) is 0. The molecule has 4 heteroatoms. The molecule has 4 nitrogen and oxygen atoms in total. The fourth-order valence-electron chi connectivity index (χ4n) is 6.14. The predicted molar refractivity (Wildman–Crippen MR) is 163 cm³/mol. The van der Waals surface area contributed by atoms with Gasteiger partial charge in [-0.05, 0) is 29.7 Å². The van der Waals surface area contributed by atoms with E-state index < -0.39 is 6.04 Å². The second-order valence-corrected chi connectivity index (χ2v) is 10.7. The van der Waals surface area contributed by atoms with Gasteiger partial charge < -0.3 is 5.11 Å². The molecule has 40 heavy (non-hydrogen) atoms. The fourth-order valence-corrected chi connectivity index (χ4v) is 6.14. The van der Waals surface area contributed by atoms with Crippen LogP contribution in [-0.2, 0) is 4.79 Å². The second kappa shape index (κ2) is 11.7. The van der Waals surface area contributed by atoms with Crippen LogP contribution in [0, 0.1) is 5.92 Å². The van der Waals surface area contributed by atoms with E-state index in [1.807, 2.05) is 120 Å². The number of ketones is 1. The minimum atomic E-state index is -0.629. The summed E-state index contributed by atoms with van der Waals surface area (Å²) in [4.78, 5) is 19.2. The van der Waals surface area contributed by atoms with E-state index in [-0.39, 0.29) is 11.7 Å². The number of benzene rings is 4. The van der Waals surface area contributed by atoms with Gasteiger partial charge in [-0.15, -0.1) is 0 Å². The fraction of sp³-hybridized carbons (Fsp3) is 0.222. The van der Waals surface area contributed by atoms with Gasteiger partial charge in [0.2, 0.25) is 5.88 Å². The highest BCUT2D eigenvalue weighted by molar-refractivity contribution is 6.22. The van der Waals surface area contributed by atoms with Gasteiger partial charge in [0, 0.05) is 17.4 Å². The first kappa shape index (κ1) is 25.8. The third kappa shape index (κ3) is 5.22. The van der Waals surface area contributed by atoms with Crippen LogP contribution in [0.5, 0.6) is 5.88 Å². The standard InChI is InChI=1S/C36H34N2O2/c39-32(25-26-15-5-1-6-16-26)35(28-19-9-3-10-20-28)38-31-24-14-13-23-30(31)33(36(38)40)34(27-17-7-2-8-18-27)37-29-21-11-4-12-22-29/h2-4,7-14,17-24,26,35,40H,1,5-6,15-16,25H2. The summed E-state index contributed by atoms with van der Waals surface area (Å²) in [6.45, 7) is 0. The Kier molecular flexibility index (Phi) is 7.58. The molecule has 0 bridgehead atoms. The molecule has 0 spiro atoms. The molecule has 0 aliphatic heterocycles. The van der Waals surface area contributed by atoms with Crippen LogP contribution in [0.2, 0.25) is 0 Å². The van der Waals surface area contributed by atoms with Gasteiger partial charge in [0.1, 0.15) is 6.04 Å². The lowest BCUT2D eigenvalue weighted by Crippen LogP contribution is -2.24. The Bertz CT molecular complexity index is 1620. The molecule has 1 atom stereocenters. The molecule has 0 saturated heterocycles. The average molecular weight is 527 g/mol. The molecule has 4 aromatic carbocycles. The Morgan fingerprint density at radius 3 is 2.08 bits per heavy atom. The lowest BCUT2D eigenvalue weighted by molar-refractivity contribution is -0.122. The van der Waals surface area contributed by atoms with Crippen molar-refractivity contribution in [3.8, 4) is 5.88 Å². The highest BCUT2D eigenvalue weighted by Crippen LogP contribution is 2.40. The Morgan fingerprint density at radius 2 is 1.38 bits per heavy atom. The molecular formula is C36H34N2O2. The highest BCUT2D eigenvalue weighted by Gasteiger charge is 2.32. The zero-order valence-corrected chi connectivity index (χ0v) is 22.6. The van der Waals surface area contributed by atoms with Gasteiger partial charge in [-0.2, -0.15) is 0 Å². The van der Waals surface area contributed by atoms with Gasteiger partial charge in [0.15, 0.2) is 5.78 Å². The predicted octanol–water partition coefficient (Wildman–Crippen LogP) is 8.64. The SMILES string of the molecule is O=C(CC1CCCCC1)C(c1ccccc1)n1c(O)c(C(=Nc2ccccc2)c2ccccc2)c2ccccc21. The summed E-state index contributed by atoms with van der Waals surface area (Å²) < 4.78 is 1.84. The van der Waals surface area contributed by atoms with Crippen LogP contribution < -0.4 is 0 Å². The van der Waals surface area contributed by atoms with E-state index in [0.29, 0.717) is 23.6 Å². The Labute approximate surface area is 235 Å². The smallest absolute Gasteiger partial charge is 0.202 e. The monoisotopic (exact) mass is 526 g/mol. The van der Waals surface area contributed by atoms with Gasteiger partial charge in [-0.3, -0.25) is 9.36 Å². The van der Waals surface area contributed by atoms with Gasteiger partial charge in [-0.1, -0.05) is 129 Å². The third-order valence-corrected chi connectivity index (χ3v) is 8.06. The summed E-state index contributed by atoms with van der Waals surface area (Å²) in [5, 5.41) is 13.0. The van der Waals surface area contributed by atoms with E-state index in [2.05, 4.69) is 0 Å². The first-order chi connectivity index (χ1) is 19.7. The first-order valence-electron chi connectivity index (χ1n) is 14.3. The maximum absolute atomic E-state index is 14.2. The Balaban J connectivity index is 1.56. The van der Waals surface area contributed by atoms with Crippen molar-refractivity contribution < 1.29 is 9.90 Å². The lowest BCUT2D eigenvalue weighted by Gasteiger charge is -2.25. The number of para-hydroxylation sites is 2. The maximum atomic E-state index is 14.2. The highest BCUT2D eigenvalue weighted by atomic mass is 16.3. The van der Waals surface area contributed by atoms with Crippen LogP contribution in [0.4, 0.5) is 5.69 Å². The van der Waals surface area contributed by atoms with Gasteiger partial charge in [0.05, 0.1) is 22.5 Å². The molecule has 5 aromatic rings. The summed E-state index contributed by atoms with van der Waals surface area (Å²) in [6, 6.07) is 36.9. The van der Waals surface area contributed by atoms with E-state index >= 15 is 0 Å². The number of carbonyl (C=O) groups excluding carboxylic acids is 1. The molecule has 1 aliphatic rings. The third-order valence-electron chi connectivity index (χ3n) is 8.06. The molecule has 1 heterocycles.